The Bertz CT molecular complexity index is 3380. The molecule has 2 nitrogen and oxygen atoms in total. The lowest BCUT2D eigenvalue weighted by atomic mass is 9.96. The van der Waals surface area contributed by atoms with Gasteiger partial charge in [-0.05, 0) is 280 Å². The first-order chi connectivity index (χ1) is 45.1. The molecule has 0 bridgehead atoms. The standard InChI is InChI=1S/C84H110O2S6/c1-13-25-37-61-63(39-27-15-3)75(51-53-77-65(41-29-17-5)67(43-31-19-7)79(89-77)55-57-81-69(45-33-21-9)71(47-35-23-11)83(59-85)91-81)87-73(61)49-50-74-62(38-26-14-2)64(40-28-16-4)76(88-74)52-54-78-66(42-30-18-6)68(44-32-20-8)80(90-78)56-58-82-70(46-34-22-10)72(48-36-24-12)84(60-86)92-82/h59-60H,13-48H2,1-12H3. The summed E-state index contributed by atoms with van der Waals surface area (Å²) in [7, 11) is 0. The Morgan fingerprint density at radius 2 is 0.315 bits per heavy atom. The molecule has 0 atom stereocenters. The van der Waals surface area contributed by atoms with Crippen molar-refractivity contribution in [1.82, 2.24) is 0 Å². The average Bonchev–Trinajstić information content (AvgIpc) is 1.70. The predicted octanol–water partition coefficient (Wildman–Crippen LogP) is 24.8. The van der Waals surface area contributed by atoms with Crippen LogP contribution in [0.4, 0.5) is 0 Å². The molecule has 0 amide bonds. The van der Waals surface area contributed by atoms with Gasteiger partial charge in [0.1, 0.15) is 0 Å². The Hall–Kier alpha value is -4.66. The molecule has 92 heavy (non-hydrogen) atoms. The minimum Gasteiger partial charge on any atom is -0.297 e. The molecule has 0 aliphatic heterocycles. The van der Waals surface area contributed by atoms with Gasteiger partial charge in [0.05, 0.1) is 58.5 Å². The molecule has 8 heteroatoms. The van der Waals surface area contributed by atoms with Crippen LogP contribution in [0.3, 0.4) is 0 Å². The summed E-state index contributed by atoms with van der Waals surface area (Å²) in [6, 6.07) is 0. The highest BCUT2D eigenvalue weighted by atomic mass is 32.1. The van der Waals surface area contributed by atoms with Gasteiger partial charge in [-0.25, -0.2) is 0 Å². The van der Waals surface area contributed by atoms with Crippen LogP contribution in [0.25, 0.3) is 0 Å². The van der Waals surface area contributed by atoms with Crippen LogP contribution in [0.5, 0.6) is 0 Å². The molecule has 6 heterocycles. The molecule has 0 aliphatic rings. The molecular formula is C84H110O2S6. The lowest BCUT2D eigenvalue weighted by molar-refractivity contribution is 0.111. The number of carbonyl (C=O) groups is 2. The van der Waals surface area contributed by atoms with Crippen molar-refractivity contribution in [1.29, 1.82) is 0 Å². The highest BCUT2D eigenvalue weighted by Crippen LogP contribution is 2.38. The maximum absolute atomic E-state index is 12.5. The average molecular weight is 1340 g/mol. The van der Waals surface area contributed by atoms with Crippen molar-refractivity contribution >= 4 is 80.6 Å². The molecule has 0 spiro atoms. The van der Waals surface area contributed by atoms with E-state index < -0.39 is 0 Å². The van der Waals surface area contributed by atoms with Crippen LogP contribution in [0.2, 0.25) is 0 Å². The molecular weight excluding hydrogens is 1230 g/mol. The third-order valence-electron chi connectivity index (χ3n) is 17.8. The molecule has 6 aromatic rings. The van der Waals surface area contributed by atoms with Gasteiger partial charge in [-0.1, -0.05) is 160 Å². The Morgan fingerprint density at radius 1 is 0.196 bits per heavy atom. The third kappa shape index (κ3) is 21.4. The number of hydrogen-bond acceptors (Lipinski definition) is 8. The van der Waals surface area contributed by atoms with E-state index >= 15 is 0 Å². The van der Waals surface area contributed by atoms with E-state index in [2.05, 4.69) is 142 Å². The largest absolute Gasteiger partial charge is 0.297 e. The van der Waals surface area contributed by atoms with Crippen molar-refractivity contribution in [2.75, 3.05) is 0 Å². The molecule has 6 rings (SSSR count). The van der Waals surface area contributed by atoms with E-state index in [9.17, 15) is 9.59 Å². The quantitative estimate of drug-likeness (QED) is 0.0286. The van der Waals surface area contributed by atoms with Crippen LogP contribution in [-0.2, 0) is 77.0 Å². The summed E-state index contributed by atoms with van der Waals surface area (Å²) in [5.74, 6) is 38.4. The van der Waals surface area contributed by atoms with Crippen LogP contribution >= 0.6 is 68.0 Å². The zero-order valence-corrected chi connectivity index (χ0v) is 63.8. The first-order valence-electron chi connectivity index (χ1n) is 36.5. The second kappa shape index (κ2) is 42.7. The fourth-order valence-corrected chi connectivity index (χ4v) is 18.8. The van der Waals surface area contributed by atoms with Gasteiger partial charge in [0.15, 0.2) is 12.6 Å². The van der Waals surface area contributed by atoms with Gasteiger partial charge in [-0.15, -0.1) is 68.0 Å². The normalized spacial score (nSPS) is 11.0. The van der Waals surface area contributed by atoms with Gasteiger partial charge in [-0.2, -0.15) is 0 Å². The maximum Gasteiger partial charge on any atom is 0.160 e. The second-order valence-corrected chi connectivity index (χ2v) is 31.3. The summed E-state index contributed by atoms with van der Waals surface area (Å²) >= 11 is 10.5. The Labute approximate surface area is 584 Å². The topological polar surface area (TPSA) is 34.1 Å². The lowest BCUT2D eigenvalue weighted by Crippen LogP contribution is -1.96. The molecule has 0 aromatic carbocycles. The molecule has 0 saturated carbocycles. The number of aldehydes is 2. The first-order valence-corrected chi connectivity index (χ1v) is 41.4. The van der Waals surface area contributed by atoms with Gasteiger partial charge >= 0.3 is 0 Å². The fourth-order valence-electron chi connectivity index (χ4n) is 12.2. The molecule has 0 saturated heterocycles. The molecule has 0 fully saturated rings. The van der Waals surface area contributed by atoms with Gasteiger partial charge in [0, 0.05) is 0 Å². The first kappa shape index (κ1) is 76.4. The molecule has 6 aromatic heterocycles. The monoisotopic (exact) mass is 1340 g/mol. The summed E-state index contributed by atoms with van der Waals surface area (Å²) in [6.07, 6.45) is 40.9. The third-order valence-corrected chi connectivity index (χ3v) is 24.4. The van der Waals surface area contributed by atoms with Crippen molar-refractivity contribution in [3.63, 3.8) is 0 Å². The van der Waals surface area contributed by atoms with Crippen molar-refractivity contribution < 1.29 is 9.59 Å². The SMILES string of the molecule is CCCCc1c(C#Cc2sc(C#Cc3sc(C#Cc4sc(C=O)c(CCCC)c4CCCC)c(CCCC)c3CCCC)c(CCCC)c2CCCC)sc(C#Cc2sc(C#Cc3sc(C=O)c(CCCC)c3CCCC)c(CCCC)c2CCCC)c1CCCC. The minimum absolute atomic E-state index is 0.870. The van der Waals surface area contributed by atoms with Crippen LogP contribution in [0.15, 0.2) is 0 Å². The van der Waals surface area contributed by atoms with E-state index in [1.807, 2.05) is 45.3 Å². The van der Waals surface area contributed by atoms with Gasteiger partial charge in [-0.3, -0.25) is 9.59 Å². The van der Waals surface area contributed by atoms with Gasteiger partial charge < -0.3 is 0 Å². The van der Waals surface area contributed by atoms with Gasteiger partial charge in [0.25, 0.3) is 0 Å². The van der Waals surface area contributed by atoms with E-state index in [0.717, 1.165) is 273 Å². The number of rotatable bonds is 38. The van der Waals surface area contributed by atoms with E-state index in [1.54, 1.807) is 22.7 Å². The summed E-state index contributed by atoms with van der Waals surface area (Å²) in [5.41, 5.74) is 16.4. The summed E-state index contributed by atoms with van der Waals surface area (Å²) in [5, 5.41) is 0. The van der Waals surface area contributed by atoms with Crippen molar-refractivity contribution in [2.24, 2.45) is 0 Å². The minimum atomic E-state index is 0.870. The zero-order valence-electron chi connectivity index (χ0n) is 58.9. The Balaban J connectivity index is 1.52. The van der Waals surface area contributed by atoms with Gasteiger partial charge in [0.2, 0.25) is 0 Å². The molecule has 494 valence electrons. The second-order valence-electron chi connectivity index (χ2n) is 25.1. The highest BCUT2D eigenvalue weighted by molar-refractivity contribution is 7.16. The number of carbonyl (C=O) groups excluding carboxylic acids is 2. The van der Waals surface area contributed by atoms with Crippen molar-refractivity contribution in [3.05, 3.63) is 125 Å². The van der Waals surface area contributed by atoms with E-state index in [4.69, 9.17) is 0 Å². The van der Waals surface area contributed by atoms with Crippen molar-refractivity contribution in [2.45, 2.75) is 314 Å². The van der Waals surface area contributed by atoms with E-state index in [0.29, 0.717) is 0 Å². The lowest BCUT2D eigenvalue weighted by Gasteiger charge is -2.06. The molecule has 0 unspecified atom stereocenters. The number of thiophene rings is 6. The molecule has 0 radical (unpaired) electrons. The highest BCUT2D eigenvalue weighted by Gasteiger charge is 2.24. The fraction of sp³-hybridized carbons (Fsp3) is 0.571. The molecule has 0 aliphatic carbocycles. The van der Waals surface area contributed by atoms with Crippen LogP contribution in [0.1, 0.15) is 372 Å². The maximum atomic E-state index is 12.5. The predicted molar refractivity (Wildman–Crippen MR) is 410 cm³/mol. The summed E-state index contributed by atoms with van der Waals surface area (Å²) in [6.45, 7) is 27.4. The molecule has 0 N–H and O–H groups in total. The zero-order chi connectivity index (χ0) is 66.0. The van der Waals surface area contributed by atoms with E-state index in [1.165, 1.54) is 96.0 Å². The summed E-state index contributed by atoms with van der Waals surface area (Å²) in [4.78, 5) is 38.3. The summed E-state index contributed by atoms with van der Waals surface area (Å²) < 4.78 is 0. The Kier molecular flexibility index (Phi) is 35.4. The number of unbranched alkanes of at least 4 members (excludes halogenated alkanes) is 12. The van der Waals surface area contributed by atoms with Crippen molar-refractivity contribution in [3.8, 4) is 59.2 Å². The van der Waals surface area contributed by atoms with Crippen LogP contribution in [-0.4, -0.2) is 12.6 Å². The number of hydrogen-bond donors (Lipinski definition) is 0. The van der Waals surface area contributed by atoms with Crippen LogP contribution < -0.4 is 0 Å². The Morgan fingerprint density at radius 3 is 0.446 bits per heavy atom. The smallest absolute Gasteiger partial charge is 0.160 e. The van der Waals surface area contributed by atoms with E-state index in [-0.39, 0.29) is 0 Å². The van der Waals surface area contributed by atoms with Crippen LogP contribution in [0, 0.1) is 59.2 Å².